The highest BCUT2D eigenvalue weighted by Gasteiger charge is 2.23. The normalized spacial score (nSPS) is 14.9. The number of nitrogens with zero attached hydrogens (tertiary/aromatic N) is 3. The van der Waals surface area contributed by atoms with Crippen LogP contribution in [0.25, 0.3) is 10.8 Å². The molecule has 0 spiro atoms. The minimum atomic E-state index is -0.365. The number of rotatable bonds is 3. The third-order valence-electron chi connectivity index (χ3n) is 3.93. The summed E-state index contributed by atoms with van der Waals surface area (Å²) in [5.41, 5.74) is 0.903. The Hall–Kier alpha value is -2.12. The Bertz CT molecular complexity index is 832. The number of fused-ring (bicyclic) bond motifs is 1. The van der Waals surface area contributed by atoms with Crippen LogP contribution in [0.1, 0.15) is 17.0 Å². The van der Waals surface area contributed by atoms with Crippen molar-refractivity contribution >= 4 is 11.3 Å². The van der Waals surface area contributed by atoms with Gasteiger partial charge in [-0.15, -0.1) is 21.5 Å². The molecule has 4 nitrogen and oxygen atoms in total. The van der Waals surface area contributed by atoms with Crippen LogP contribution in [0.15, 0.2) is 34.1 Å². The quantitative estimate of drug-likeness (QED) is 0.734. The number of aromatic nitrogens is 2. The van der Waals surface area contributed by atoms with E-state index in [1.165, 1.54) is 23.5 Å². The maximum atomic E-state index is 13.9. The average molecular weight is 333 g/mol. The molecule has 3 heterocycles. The van der Waals surface area contributed by atoms with Gasteiger partial charge in [-0.25, -0.2) is 8.78 Å². The van der Waals surface area contributed by atoms with E-state index in [0.717, 1.165) is 4.88 Å². The molecule has 2 aromatic heterocycles. The Morgan fingerprint density at radius 1 is 1.13 bits per heavy atom. The van der Waals surface area contributed by atoms with E-state index in [4.69, 9.17) is 4.42 Å². The van der Waals surface area contributed by atoms with Gasteiger partial charge in [0.25, 0.3) is 5.89 Å². The molecule has 0 radical (unpaired) electrons. The highest BCUT2D eigenvalue weighted by atomic mass is 32.1. The molecule has 0 fully saturated rings. The van der Waals surface area contributed by atoms with Crippen molar-refractivity contribution in [3.05, 3.63) is 58.3 Å². The van der Waals surface area contributed by atoms with Crippen molar-refractivity contribution in [3.8, 4) is 10.8 Å². The van der Waals surface area contributed by atoms with Gasteiger partial charge >= 0.3 is 0 Å². The summed E-state index contributed by atoms with van der Waals surface area (Å²) in [6.07, 6.45) is 0.477. The van der Waals surface area contributed by atoms with Crippen LogP contribution >= 0.6 is 11.3 Å². The summed E-state index contributed by atoms with van der Waals surface area (Å²) >= 11 is 1.53. The largest absolute Gasteiger partial charge is 0.419 e. The second-order valence-corrected chi connectivity index (χ2v) is 6.37. The molecule has 1 aromatic carbocycles. The lowest BCUT2D eigenvalue weighted by molar-refractivity contribution is 0.216. The summed E-state index contributed by atoms with van der Waals surface area (Å²) in [6, 6.07) is 6.20. The van der Waals surface area contributed by atoms with E-state index < -0.39 is 0 Å². The van der Waals surface area contributed by atoms with E-state index in [1.807, 2.05) is 22.4 Å². The first-order valence-electron chi connectivity index (χ1n) is 7.25. The van der Waals surface area contributed by atoms with Gasteiger partial charge in [-0.05, 0) is 35.6 Å². The molecule has 0 saturated carbocycles. The fourth-order valence-corrected chi connectivity index (χ4v) is 3.44. The van der Waals surface area contributed by atoms with E-state index in [9.17, 15) is 8.78 Å². The van der Waals surface area contributed by atoms with Crippen molar-refractivity contribution in [2.75, 3.05) is 6.54 Å². The molecular formula is C16H13F2N3OS. The minimum absolute atomic E-state index is 0.334. The lowest BCUT2D eigenvalue weighted by Crippen LogP contribution is -2.31. The van der Waals surface area contributed by atoms with E-state index in [0.29, 0.717) is 49.0 Å². The Kier molecular flexibility index (Phi) is 3.66. The molecule has 7 heteroatoms. The van der Waals surface area contributed by atoms with Gasteiger partial charge < -0.3 is 4.42 Å². The maximum absolute atomic E-state index is 13.9. The minimum Gasteiger partial charge on any atom is -0.419 e. The van der Waals surface area contributed by atoms with E-state index in [2.05, 4.69) is 10.2 Å². The first kappa shape index (κ1) is 14.5. The second-order valence-electron chi connectivity index (χ2n) is 5.43. The van der Waals surface area contributed by atoms with Gasteiger partial charge in [0.05, 0.1) is 11.4 Å². The number of hydrogen-bond donors (Lipinski definition) is 0. The van der Waals surface area contributed by atoms with Gasteiger partial charge in [-0.3, -0.25) is 4.90 Å². The molecule has 0 N–H and O–H groups in total. The Labute approximate surface area is 135 Å². The molecule has 4 rings (SSSR count). The smallest absolute Gasteiger partial charge is 0.257 e. The van der Waals surface area contributed by atoms with Crippen LogP contribution in [0.3, 0.4) is 0 Å². The van der Waals surface area contributed by atoms with Crippen molar-refractivity contribution in [2.24, 2.45) is 0 Å². The Morgan fingerprint density at radius 2 is 1.96 bits per heavy atom. The van der Waals surface area contributed by atoms with Gasteiger partial charge in [0, 0.05) is 18.7 Å². The van der Waals surface area contributed by atoms with Crippen LogP contribution in [0.4, 0.5) is 8.78 Å². The van der Waals surface area contributed by atoms with Crippen LogP contribution in [-0.2, 0) is 19.5 Å². The molecule has 3 aromatic rings. The first-order chi connectivity index (χ1) is 11.2. The molecule has 0 saturated heterocycles. The van der Waals surface area contributed by atoms with Gasteiger partial charge in [-0.2, -0.15) is 0 Å². The van der Waals surface area contributed by atoms with Crippen molar-refractivity contribution < 1.29 is 13.2 Å². The monoisotopic (exact) mass is 333 g/mol. The Balaban J connectivity index is 1.51. The Morgan fingerprint density at radius 3 is 2.74 bits per heavy atom. The zero-order chi connectivity index (χ0) is 15.8. The SMILES string of the molecule is Fc1ccc(F)c2c1CCN(Cc1nnc(-c3cccs3)o1)C2. The number of halogens is 2. The molecule has 23 heavy (non-hydrogen) atoms. The third-order valence-corrected chi connectivity index (χ3v) is 4.79. The number of benzene rings is 1. The molecule has 1 aliphatic heterocycles. The fourth-order valence-electron chi connectivity index (χ4n) is 2.79. The molecule has 0 bridgehead atoms. The molecule has 0 aliphatic carbocycles. The van der Waals surface area contributed by atoms with Crippen molar-refractivity contribution in [1.29, 1.82) is 0 Å². The summed E-state index contributed by atoms with van der Waals surface area (Å²) in [5.74, 6) is 0.271. The van der Waals surface area contributed by atoms with Gasteiger partial charge in [0.2, 0.25) is 5.89 Å². The number of thiophene rings is 1. The molecule has 118 valence electrons. The van der Waals surface area contributed by atoms with Gasteiger partial charge in [0.1, 0.15) is 11.6 Å². The topological polar surface area (TPSA) is 42.2 Å². The van der Waals surface area contributed by atoms with E-state index in [-0.39, 0.29) is 11.6 Å². The predicted octanol–water partition coefficient (Wildman–Crippen LogP) is 3.63. The standard InChI is InChI=1S/C16H13F2N3OS/c17-12-3-4-13(18)11-8-21(6-5-10(11)12)9-15-19-20-16(22-15)14-2-1-7-23-14/h1-4,7H,5-6,8-9H2. The van der Waals surface area contributed by atoms with E-state index in [1.54, 1.807) is 0 Å². The maximum Gasteiger partial charge on any atom is 0.257 e. The fraction of sp³-hybridized carbons (Fsp3) is 0.250. The zero-order valence-corrected chi connectivity index (χ0v) is 12.9. The summed E-state index contributed by atoms with van der Waals surface area (Å²) in [4.78, 5) is 2.90. The molecule has 0 amide bonds. The average Bonchev–Trinajstić information content (AvgIpc) is 3.22. The molecule has 0 atom stereocenters. The summed E-state index contributed by atoms with van der Waals surface area (Å²) in [5, 5.41) is 10.0. The van der Waals surface area contributed by atoms with Crippen molar-refractivity contribution in [3.63, 3.8) is 0 Å². The van der Waals surface area contributed by atoms with Crippen molar-refractivity contribution in [2.45, 2.75) is 19.5 Å². The molecular weight excluding hydrogens is 320 g/mol. The third kappa shape index (κ3) is 2.77. The van der Waals surface area contributed by atoms with Crippen LogP contribution in [-0.4, -0.2) is 21.6 Å². The van der Waals surface area contributed by atoms with E-state index >= 15 is 0 Å². The van der Waals surface area contributed by atoms with Crippen LogP contribution in [0.5, 0.6) is 0 Å². The van der Waals surface area contributed by atoms with Gasteiger partial charge in [0.15, 0.2) is 0 Å². The molecule has 0 unspecified atom stereocenters. The van der Waals surface area contributed by atoms with Crippen LogP contribution in [0, 0.1) is 11.6 Å². The van der Waals surface area contributed by atoms with Crippen LogP contribution in [0.2, 0.25) is 0 Å². The number of hydrogen-bond acceptors (Lipinski definition) is 5. The van der Waals surface area contributed by atoms with Gasteiger partial charge in [-0.1, -0.05) is 6.07 Å². The zero-order valence-electron chi connectivity index (χ0n) is 12.1. The van der Waals surface area contributed by atoms with Crippen molar-refractivity contribution in [1.82, 2.24) is 15.1 Å². The summed E-state index contributed by atoms with van der Waals surface area (Å²) in [7, 11) is 0. The predicted molar refractivity (Wildman–Crippen MR) is 81.8 cm³/mol. The highest BCUT2D eigenvalue weighted by molar-refractivity contribution is 7.13. The second kappa shape index (κ2) is 5.82. The molecule has 1 aliphatic rings. The lowest BCUT2D eigenvalue weighted by Gasteiger charge is -2.27. The highest BCUT2D eigenvalue weighted by Crippen LogP contribution is 2.27. The van der Waals surface area contributed by atoms with Crippen LogP contribution < -0.4 is 0 Å². The summed E-state index contributed by atoms with van der Waals surface area (Å²) < 4.78 is 33.3. The summed E-state index contributed by atoms with van der Waals surface area (Å²) in [6.45, 7) is 1.40. The first-order valence-corrected chi connectivity index (χ1v) is 8.13. The lowest BCUT2D eigenvalue weighted by atomic mass is 9.98.